The highest BCUT2D eigenvalue weighted by molar-refractivity contribution is 6.33. The molecule has 1 N–H and O–H groups in total. The van der Waals surface area contributed by atoms with Crippen LogP contribution in [0.15, 0.2) is 41.1 Å². The smallest absolute Gasteiger partial charge is 0.243 e. The van der Waals surface area contributed by atoms with Crippen molar-refractivity contribution in [3.05, 3.63) is 47.5 Å². The molecule has 0 unspecified atom stereocenters. The third-order valence-electron chi connectivity index (χ3n) is 3.58. The molecule has 0 aliphatic carbocycles. The first-order valence-electron chi connectivity index (χ1n) is 6.93. The van der Waals surface area contributed by atoms with Crippen molar-refractivity contribution >= 4 is 23.3 Å². The number of nitrogens with zero attached hydrogens (tertiary/aromatic N) is 2. The normalized spacial score (nSPS) is 18.0. The molecule has 1 amide bonds. The number of halogens is 1. The average molecular weight is 306 g/mol. The van der Waals surface area contributed by atoms with Gasteiger partial charge in [-0.1, -0.05) is 11.6 Å². The first-order valence-corrected chi connectivity index (χ1v) is 7.31. The van der Waals surface area contributed by atoms with Gasteiger partial charge in [0.15, 0.2) is 0 Å². The van der Waals surface area contributed by atoms with Gasteiger partial charge in [0.05, 0.1) is 17.8 Å². The molecular weight excluding hydrogens is 290 g/mol. The standard InChI is InChI=1S/C15H16ClN3O2/c16-12-5-1-7-17-14(12)19-8-2-6-13(19)15(20)18-10-11-4-3-9-21-11/h1,3-5,7,9,13H,2,6,8,10H2,(H,18,20)/t13-/m0/s1. The van der Waals surface area contributed by atoms with Crippen LogP contribution in [0, 0.1) is 0 Å². The lowest BCUT2D eigenvalue weighted by molar-refractivity contribution is -0.122. The summed E-state index contributed by atoms with van der Waals surface area (Å²) in [6, 6.07) is 6.99. The molecule has 3 heterocycles. The van der Waals surface area contributed by atoms with Gasteiger partial charge in [0.1, 0.15) is 17.6 Å². The molecule has 5 nitrogen and oxygen atoms in total. The number of hydrogen-bond acceptors (Lipinski definition) is 4. The lowest BCUT2D eigenvalue weighted by atomic mass is 10.2. The molecule has 1 fully saturated rings. The zero-order valence-corrected chi connectivity index (χ0v) is 12.2. The predicted octanol–water partition coefficient (Wildman–Crippen LogP) is 2.61. The molecule has 2 aromatic rings. The van der Waals surface area contributed by atoms with Gasteiger partial charge in [0.2, 0.25) is 5.91 Å². The lowest BCUT2D eigenvalue weighted by Gasteiger charge is -2.25. The van der Waals surface area contributed by atoms with Gasteiger partial charge in [-0.2, -0.15) is 0 Å². The molecule has 110 valence electrons. The first-order chi connectivity index (χ1) is 10.3. The number of pyridine rings is 1. The molecule has 1 saturated heterocycles. The predicted molar refractivity (Wildman–Crippen MR) is 80.2 cm³/mol. The second kappa shape index (κ2) is 6.18. The van der Waals surface area contributed by atoms with Gasteiger partial charge < -0.3 is 14.6 Å². The molecular formula is C15H16ClN3O2. The highest BCUT2D eigenvalue weighted by Crippen LogP contribution is 2.29. The number of furan rings is 1. The van der Waals surface area contributed by atoms with Crippen molar-refractivity contribution in [3.8, 4) is 0 Å². The fourth-order valence-electron chi connectivity index (χ4n) is 2.59. The van der Waals surface area contributed by atoms with Gasteiger partial charge in [-0.3, -0.25) is 4.79 Å². The van der Waals surface area contributed by atoms with E-state index < -0.39 is 0 Å². The molecule has 0 radical (unpaired) electrons. The number of amides is 1. The second-order valence-corrected chi connectivity index (χ2v) is 5.36. The molecule has 1 aliphatic rings. The summed E-state index contributed by atoms with van der Waals surface area (Å²) in [5, 5.41) is 3.47. The number of carbonyl (C=O) groups is 1. The fourth-order valence-corrected chi connectivity index (χ4v) is 2.82. The van der Waals surface area contributed by atoms with E-state index in [2.05, 4.69) is 10.3 Å². The fraction of sp³-hybridized carbons (Fsp3) is 0.333. The van der Waals surface area contributed by atoms with Crippen molar-refractivity contribution in [2.45, 2.75) is 25.4 Å². The molecule has 3 rings (SSSR count). The summed E-state index contributed by atoms with van der Waals surface area (Å²) < 4.78 is 5.22. The van der Waals surface area contributed by atoms with Gasteiger partial charge in [0, 0.05) is 12.7 Å². The number of carbonyl (C=O) groups excluding carboxylic acids is 1. The maximum absolute atomic E-state index is 12.4. The summed E-state index contributed by atoms with van der Waals surface area (Å²) in [5.74, 6) is 1.39. The third kappa shape index (κ3) is 3.03. The Hall–Kier alpha value is -2.01. The summed E-state index contributed by atoms with van der Waals surface area (Å²) >= 11 is 6.18. The average Bonchev–Trinajstić information content (AvgIpc) is 3.16. The molecule has 1 aliphatic heterocycles. The number of anilines is 1. The molecule has 0 spiro atoms. The maximum Gasteiger partial charge on any atom is 0.243 e. The van der Waals surface area contributed by atoms with Gasteiger partial charge >= 0.3 is 0 Å². The van der Waals surface area contributed by atoms with Gasteiger partial charge in [0.25, 0.3) is 0 Å². The summed E-state index contributed by atoms with van der Waals surface area (Å²) in [7, 11) is 0. The van der Waals surface area contributed by atoms with Crippen molar-refractivity contribution in [2.75, 3.05) is 11.4 Å². The van der Waals surface area contributed by atoms with Crippen LogP contribution in [0.3, 0.4) is 0 Å². The summed E-state index contributed by atoms with van der Waals surface area (Å²) in [4.78, 5) is 18.6. The molecule has 0 saturated carbocycles. The molecule has 1 atom stereocenters. The Bertz CT molecular complexity index is 615. The lowest BCUT2D eigenvalue weighted by Crippen LogP contribution is -2.43. The van der Waals surface area contributed by atoms with Crippen LogP contribution >= 0.6 is 11.6 Å². The molecule has 6 heteroatoms. The Morgan fingerprint density at radius 1 is 1.48 bits per heavy atom. The van der Waals surface area contributed by atoms with Crippen molar-refractivity contribution in [1.82, 2.24) is 10.3 Å². The van der Waals surface area contributed by atoms with E-state index in [4.69, 9.17) is 16.0 Å². The highest BCUT2D eigenvalue weighted by atomic mass is 35.5. The van der Waals surface area contributed by atoms with Gasteiger partial charge in [-0.15, -0.1) is 0 Å². The topological polar surface area (TPSA) is 58.4 Å². The Morgan fingerprint density at radius 3 is 3.14 bits per heavy atom. The van der Waals surface area contributed by atoms with Crippen LogP contribution in [0.2, 0.25) is 5.02 Å². The Kier molecular flexibility index (Phi) is 4.10. The number of nitrogens with one attached hydrogen (secondary N) is 1. The Morgan fingerprint density at radius 2 is 2.38 bits per heavy atom. The maximum atomic E-state index is 12.4. The van der Waals surface area contributed by atoms with Crippen LogP contribution in [0.25, 0.3) is 0 Å². The monoisotopic (exact) mass is 305 g/mol. The van der Waals surface area contributed by atoms with E-state index >= 15 is 0 Å². The Labute approximate surface area is 127 Å². The van der Waals surface area contributed by atoms with Crippen LogP contribution in [0.5, 0.6) is 0 Å². The highest BCUT2D eigenvalue weighted by Gasteiger charge is 2.32. The molecule has 21 heavy (non-hydrogen) atoms. The minimum atomic E-state index is -0.229. The summed E-state index contributed by atoms with van der Waals surface area (Å²) in [6.07, 6.45) is 5.04. The van der Waals surface area contributed by atoms with Gasteiger partial charge in [-0.05, 0) is 37.1 Å². The van der Waals surface area contributed by atoms with E-state index in [9.17, 15) is 4.79 Å². The quantitative estimate of drug-likeness (QED) is 0.943. The summed E-state index contributed by atoms with van der Waals surface area (Å²) in [6.45, 7) is 1.18. The van der Waals surface area contributed by atoms with E-state index in [0.29, 0.717) is 17.4 Å². The van der Waals surface area contributed by atoms with Gasteiger partial charge in [-0.25, -0.2) is 4.98 Å². The van der Waals surface area contributed by atoms with Crippen molar-refractivity contribution in [1.29, 1.82) is 0 Å². The van der Waals surface area contributed by atoms with E-state index in [0.717, 1.165) is 25.1 Å². The summed E-state index contributed by atoms with van der Waals surface area (Å²) in [5.41, 5.74) is 0. The molecule has 2 aromatic heterocycles. The van der Waals surface area contributed by atoms with Crippen LogP contribution in [0.1, 0.15) is 18.6 Å². The zero-order chi connectivity index (χ0) is 14.7. The third-order valence-corrected chi connectivity index (χ3v) is 3.88. The minimum Gasteiger partial charge on any atom is -0.467 e. The molecule has 0 aromatic carbocycles. The number of rotatable bonds is 4. The Balaban J connectivity index is 1.69. The largest absolute Gasteiger partial charge is 0.467 e. The van der Waals surface area contributed by atoms with Crippen molar-refractivity contribution in [3.63, 3.8) is 0 Å². The van der Waals surface area contributed by atoms with E-state index in [1.54, 1.807) is 30.7 Å². The van der Waals surface area contributed by atoms with Crippen LogP contribution in [0.4, 0.5) is 5.82 Å². The number of hydrogen-bond donors (Lipinski definition) is 1. The SMILES string of the molecule is O=C(NCc1ccco1)[C@@H]1CCCN1c1ncccc1Cl. The first kappa shape index (κ1) is 13.9. The minimum absolute atomic E-state index is 0.0226. The van der Waals surface area contributed by atoms with E-state index in [1.807, 2.05) is 11.0 Å². The van der Waals surface area contributed by atoms with Crippen LogP contribution in [-0.4, -0.2) is 23.5 Å². The zero-order valence-electron chi connectivity index (χ0n) is 11.5. The molecule has 0 bridgehead atoms. The van der Waals surface area contributed by atoms with Crippen LogP contribution in [-0.2, 0) is 11.3 Å². The van der Waals surface area contributed by atoms with E-state index in [-0.39, 0.29) is 11.9 Å². The van der Waals surface area contributed by atoms with E-state index in [1.165, 1.54) is 0 Å². The number of aromatic nitrogens is 1. The van der Waals surface area contributed by atoms with Crippen molar-refractivity contribution in [2.24, 2.45) is 0 Å². The second-order valence-electron chi connectivity index (χ2n) is 4.96. The van der Waals surface area contributed by atoms with Crippen molar-refractivity contribution < 1.29 is 9.21 Å². The van der Waals surface area contributed by atoms with Crippen LogP contribution < -0.4 is 10.2 Å².